The summed E-state index contributed by atoms with van der Waals surface area (Å²) in [5.41, 5.74) is 1.28. The molecule has 0 saturated carbocycles. The number of hydrogen-bond donors (Lipinski definition) is 1. The van der Waals surface area contributed by atoms with Gasteiger partial charge in [0.25, 0.3) is 0 Å². The van der Waals surface area contributed by atoms with Gasteiger partial charge in [0, 0.05) is 23.5 Å². The van der Waals surface area contributed by atoms with Crippen molar-refractivity contribution in [1.29, 1.82) is 0 Å². The van der Waals surface area contributed by atoms with E-state index in [1.54, 1.807) is 0 Å². The molecule has 1 aliphatic rings. The first kappa shape index (κ1) is 13.8. The number of fused-ring (bicyclic) bond motifs is 1. The lowest BCUT2D eigenvalue weighted by Crippen LogP contribution is -2.22. The van der Waals surface area contributed by atoms with Gasteiger partial charge in [-0.2, -0.15) is 0 Å². The summed E-state index contributed by atoms with van der Waals surface area (Å²) in [5, 5.41) is 12.1. The topological polar surface area (TPSA) is 42.7 Å². The first-order valence-electron chi connectivity index (χ1n) is 7.14. The van der Waals surface area contributed by atoms with Gasteiger partial charge in [-0.3, -0.25) is 0 Å². The van der Waals surface area contributed by atoms with E-state index in [4.69, 9.17) is 0 Å². The predicted octanol–water partition coefficient (Wildman–Crippen LogP) is 3.23. The minimum atomic E-state index is 0.295. The van der Waals surface area contributed by atoms with Gasteiger partial charge in [0.1, 0.15) is 11.6 Å². The first-order valence-corrected chi connectivity index (χ1v) is 7.93. The zero-order valence-corrected chi connectivity index (χ0v) is 13.2. The number of aromatic nitrogens is 3. The molecular formula is C15H19BrN4. The van der Waals surface area contributed by atoms with Crippen LogP contribution >= 0.6 is 15.9 Å². The number of halogens is 1. The van der Waals surface area contributed by atoms with E-state index in [9.17, 15) is 0 Å². The predicted molar refractivity (Wildman–Crippen MR) is 82.4 cm³/mol. The number of rotatable bonds is 4. The summed E-state index contributed by atoms with van der Waals surface area (Å²) < 4.78 is 3.38. The van der Waals surface area contributed by atoms with Crippen molar-refractivity contribution in [3.8, 4) is 0 Å². The fraction of sp³-hybridized carbons (Fsp3) is 0.467. The Morgan fingerprint density at radius 1 is 1.35 bits per heavy atom. The molecule has 1 aromatic heterocycles. The molecule has 0 amide bonds. The normalized spacial score (nSPS) is 15.9. The standard InChI is InChI=1S/C15H19BrN4/c1-11(12-5-4-6-13(16)9-12)17-10-15-19-18-14-7-2-3-8-20(14)15/h4-6,9,11,17H,2-3,7-8,10H2,1H3. The molecule has 106 valence electrons. The molecule has 0 spiro atoms. The van der Waals surface area contributed by atoms with Crippen LogP contribution in [-0.4, -0.2) is 14.8 Å². The van der Waals surface area contributed by atoms with Crippen molar-refractivity contribution in [1.82, 2.24) is 20.1 Å². The molecule has 1 atom stereocenters. The highest BCUT2D eigenvalue weighted by molar-refractivity contribution is 9.10. The first-order chi connectivity index (χ1) is 9.74. The number of benzene rings is 1. The van der Waals surface area contributed by atoms with Gasteiger partial charge in [-0.05, 0) is 37.5 Å². The fourth-order valence-corrected chi connectivity index (χ4v) is 3.05. The molecule has 1 aliphatic heterocycles. The highest BCUT2D eigenvalue weighted by Gasteiger charge is 2.16. The van der Waals surface area contributed by atoms with Gasteiger partial charge >= 0.3 is 0 Å². The summed E-state index contributed by atoms with van der Waals surface area (Å²) in [6.07, 6.45) is 3.54. The summed E-state index contributed by atoms with van der Waals surface area (Å²) in [5.74, 6) is 2.20. The van der Waals surface area contributed by atoms with Crippen molar-refractivity contribution in [2.45, 2.75) is 45.3 Å². The third-order valence-electron chi connectivity index (χ3n) is 3.85. The molecular weight excluding hydrogens is 316 g/mol. The van der Waals surface area contributed by atoms with Crippen LogP contribution in [0.3, 0.4) is 0 Å². The van der Waals surface area contributed by atoms with Crippen LogP contribution in [0.15, 0.2) is 28.7 Å². The van der Waals surface area contributed by atoms with Crippen LogP contribution in [0.2, 0.25) is 0 Å². The van der Waals surface area contributed by atoms with E-state index in [1.165, 1.54) is 18.4 Å². The summed E-state index contributed by atoms with van der Waals surface area (Å²) in [6.45, 7) is 4.00. The molecule has 2 aromatic rings. The van der Waals surface area contributed by atoms with Crippen LogP contribution in [-0.2, 0) is 19.5 Å². The SMILES string of the molecule is CC(NCc1nnc2n1CCCC2)c1cccc(Br)c1. The lowest BCUT2D eigenvalue weighted by molar-refractivity contribution is 0.484. The van der Waals surface area contributed by atoms with E-state index < -0.39 is 0 Å². The molecule has 1 unspecified atom stereocenters. The molecule has 3 rings (SSSR count). The second-order valence-corrected chi connectivity index (χ2v) is 6.21. The second-order valence-electron chi connectivity index (χ2n) is 5.30. The number of aryl methyl sites for hydroxylation is 1. The molecule has 5 heteroatoms. The van der Waals surface area contributed by atoms with Crippen molar-refractivity contribution in [2.75, 3.05) is 0 Å². The summed E-state index contributed by atoms with van der Waals surface area (Å²) in [7, 11) is 0. The Balaban J connectivity index is 1.66. The largest absolute Gasteiger partial charge is 0.314 e. The fourth-order valence-electron chi connectivity index (χ4n) is 2.64. The van der Waals surface area contributed by atoms with Crippen LogP contribution in [0.4, 0.5) is 0 Å². The monoisotopic (exact) mass is 334 g/mol. The maximum atomic E-state index is 4.32. The average molecular weight is 335 g/mol. The third-order valence-corrected chi connectivity index (χ3v) is 4.34. The molecule has 0 saturated heterocycles. The van der Waals surface area contributed by atoms with Gasteiger partial charge in [0.05, 0.1) is 6.54 Å². The molecule has 0 fully saturated rings. The smallest absolute Gasteiger partial charge is 0.147 e. The van der Waals surface area contributed by atoms with E-state index in [2.05, 4.69) is 61.1 Å². The van der Waals surface area contributed by atoms with E-state index >= 15 is 0 Å². The Bertz CT molecular complexity index is 593. The Hall–Kier alpha value is -1.20. The van der Waals surface area contributed by atoms with Crippen molar-refractivity contribution in [2.24, 2.45) is 0 Å². The van der Waals surface area contributed by atoms with Crippen LogP contribution in [0.1, 0.15) is 43.0 Å². The molecule has 0 radical (unpaired) electrons. The molecule has 20 heavy (non-hydrogen) atoms. The second kappa shape index (κ2) is 6.06. The number of hydrogen-bond acceptors (Lipinski definition) is 3. The summed E-state index contributed by atoms with van der Waals surface area (Å²) in [4.78, 5) is 0. The highest BCUT2D eigenvalue weighted by Crippen LogP contribution is 2.19. The number of nitrogens with zero attached hydrogens (tertiary/aromatic N) is 3. The molecule has 1 aromatic carbocycles. The van der Waals surface area contributed by atoms with E-state index in [1.807, 2.05) is 6.07 Å². The Labute approximate surface area is 127 Å². The third kappa shape index (κ3) is 2.94. The minimum absolute atomic E-state index is 0.295. The lowest BCUT2D eigenvalue weighted by Gasteiger charge is -2.17. The minimum Gasteiger partial charge on any atom is -0.314 e. The highest BCUT2D eigenvalue weighted by atomic mass is 79.9. The van der Waals surface area contributed by atoms with Gasteiger partial charge in [-0.25, -0.2) is 0 Å². The summed E-state index contributed by atoms with van der Waals surface area (Å²) in [6, 6.07) is 8.70. The van der Waals surface area contributed by atoms with Gasteiger partial charge in [-0.1, -0.05) is 28.1 Å². The number of nitrogens with one attached hydrogen (secondary N) is 1. The summed E-state index contributed by atoms with van der Waals surface area (Å²) >= 11 is 3.52. The van der Waals surface area contributed by atoms with Gasteiger partial charge in [-0.15, -0.1) is 10.2 Å². The van der Waals surface area contributed by atoms with Crippen LogP contribution in [0.25, 0.3) is 0 Å². The van der Waals surface area contributed by atoms with Gasteiger partial charge in [0.15, 0.2) is 0 Å². The van der Waals surface area contributed by atoms with Crippen LogP contribution < -0.4 is 5.32 Å². The maximum Gasteiger partial charge on any atom is 0.147 e. The zero-order valence-electron chi connectivity index (χ0n) is 11.6. The van der Waals surface area contributed by atoms with Crippen molar-refractivity contribution in [3.63, 3.8) is 0 Å². The Kier molecular flexibility index (Phi) is 4.17. The van der Waals surface area contributed by atoms with Crippen molar-refractivity contribution >= 4 is 15.9 Å². The molecule has 1 N–H and O–H groups in total. The van der Waals surface area contributed by atoms with Crippen molar-refractivity contribution < 1.29 is 0 Å². The van der Waals surface area contributed by atoms with Crippen molar-refractivity contribution in [3.05, 3.63) is 46.0 Å². The molecule has 0 bridgehead atoms. The Morgan fingerprint density at radius 3 is 3.10 bits per heavy atom. The molecule has 0 aliphatic carbocycles. The van der Waals surface area contributed by atoms with E-state index in [-0.39, 0.29) is 0 Å². The zero-order chi connectivity index (χ0) is 13.9. The Morgan fingerprint density at radius 2 is 2.25 bits per heavy atom. The van der Waals surface area contributed by atoms with Crippen LogP contribution in [0.5, 0.6) is 0 Å². The molecule has 4 nitrogen and oxygen atoms in total. The van der Waals surface area contributed by atoms with Crippen LogP contribution in [0, 0.1) is 0 Å². The van der Waals surface area contributed by atoms with E-state index in [0.717, 1.165) is 35.6 Å². The van der Waals surface area contributed by atoms with Gasteiger partial charge < -0.3 is 9.88 Å². The lowest BCUT2D eigenvalue weighted by atomic mass is 10.1. The molecule has 2 heterocycles. The van der Waals surface area contributed by atoms with Gasteiger partial charge in [0.2, 0.25) is 0 Å². The van der Waals surface area contributed by atoms with E-state index in [0.29, 0.717) is 6.04 Å². The quantitative estimate of drug-likeness (QED) is 0.933. The average Bonchev–Trinajstić information content (AvgIpc) is 2.88. The maximum absolute atomic E-state index is 4.32.